The zero-order valence-corrected chi connectivity index (χ0v) is 10.3. The van der Waals surface area contributed by atoms with Crippen LogP contribution in [0.15, 0.2) is 30.3 Å². The van der Waals surface area contributed by atoms with Crippen molar-refractivity contribution in [3.05, 3.63) is 41.6 Å². The first-order chi connectivity index (χ1) is 8.83. The molecule has 0 unspecified atom stereocenters. The number of nitrogens with one attached hydrogen (secondary N) is 1. The van der Waals surface area contributed by atoms with Crippen molar-refractivity contribution in [1.82, 2.24) is 10.2 Å². The molecule has 0 atom stereocenters. The lowest BCUT2D eigenvalue weighted by Crippen LogP contribution is -2.17. The molecule has 94 valence electrons. The number of hydrogen-bond donors (Lipinski definition) is 1. The fourth-order valence-corrected chi connectivity index (χ4v) is 2.08. The summed E-state index contributed by atoms with van der Waals surface area (Å²) in [6.07, 6.45) is 0.653. The lowest BCUT2D eigenvalue weighted by atomic mass is 10.1. The number of nitrogens with zero attached hydrogens (tertiary/aromatic N) is 1. The summed E-state index contributed by atoms with van der Waals surface area (Å²) in [5, 5.41) is 7.31. The normalized spacial score (nSPS) is 16.9. The summed E-state index contributed by atoms with van der Waals surface area (Å²) < 4.78 is 11.1. The van der Waals surface area contributed by atoms with Crippen LogP contribution in [0.3, 0.4) is 0 Å². The first-order valence-electron chi connectivity index (χ1n) is 6.18. The maximum absolute atomic E-state index is 5.54. The topological polar surface area (TPSA) is 47.1 Å². The molecule has 3 rings (SSSR count). The van der Waals surface area contributed by atoms with Crippen molar-refractivity contribution in [2.24, 2.45) is 0 Å². The van der Waals surface area contributed by atoms with Gasteiger partial charge in [0.05, 0.1) is 24.6 Å². The number of hydrogen-bond acceptors (Lipinski definition) is 3. The largest absolute Gasteiger partial charge is 0.347 e. The molecular weight excluding hydrogens is 228 g/mol. The molecule has 0 saturated carbocycles. The second-order valence-corrected chi connectivity index (χ2v) is 4.51. The van der Waals surface area contributed by atoms with Gasteiger partial charge in [-0.15, -0.1) is 0 Å². The second kappa shape index (κ2) is 4.92. The summed E-state index contributed by atoms with van der Waals surface area (Å²) in [4.78, 5) is 0. The third kappa shape index (κ3) is 2.30. The first-order valence-corrected chi connectivity index (χ1v) is 6.18. The molecule has 2 aromatic rings. The number of aromatic nitrogens is 2. The summed E-state index contributed by atoms with van der Waals surface area (Å²) in [5.41, 5.74) is 4.13. The molecule has 1 saturated heterocycles. The third-order valence-corrected chi connectivity index (χ3v) is 2.99. The molecule has 1 fully saturated rings. The Bertz CT molecular complexity index is 530. The molecule has 4 nitrogen and oxygen atoms in total. The van der Waals surface area contributed by atoms with Crippen molar-refractivity contribution in [3.63, 3.8) is 0 Å². The van der Waals surface area contributed by atoms with E-state index < -0.39 is 0 Å². The number of H-pyrrole nitrogens is 1. The minimum atomic E-state index is -0.301. The van der Waals surface area contributed by atoms with E-state index in [2.05, 4.69) is 35.3 Å². The number of rotatable bonds is 2. The average molecular weight is 244 g/mol. The van der Waals surface area contributed by atoms with Crippen LogP contribution < -0.4 is 0 Å². The van der Waals surface area contributed by atoms with Crippen molar-refractivity contribution in [3.8, 4) is 11.3 Å². The van der Waals surface area contributed by atoms with Gasteiger partial charge in [0.25, 0.3) is 0 Å². The summed E-state index contributed by atoms with van der Waals surface area (Å²) in [7, 11) is 0. The van der Waals surface area contributed by atoms with Crippen LogP contribution in [0.2, 0.25) is 0 Å². The highest BCUT2D eigenvalue weighted by Gasteiger charge is 2.19. The van der Waals surface area contributed by atoms with Crippen LogP contribution in [0.4, 0.5) is 0 Å². The lowest BCUT2D eigenvalue weighted by molar-refractivity contribution is -0.185. The smallest absolute Gasteiger partial charge is 0.200 e. The van der Waals surface area contributed by atoms with E-state index in [-0.39, 0.29) is 6.29 Å². The van der Waals surface area contributed by atoms with Crippen molar-refractivity contribution >= 4 is 0 Å². The van der Waals surface area contributed by atoms with Crippen molar-refractivity contribution in [2.75, 3.05) is 13.2 Å². The van der Waals surface area contributed by atoms with Crippen LogP contribution in [0.5, 0.6) is 0 Å². The molecule has 1 aromatic heterocycles. The monoisotopic (exact) mass is 244 g/mol. The van der Waals surface area contributed by atoms with Crippen LogP contribution in [0.25, 0.3) is 11.3 Å². The molecule has 1 aliphatic heterocycles. The van der Waals surface area contributed by atoms with Gasteiger partial charge < -0.3 is 9.47 Å². The Morgan fingerprint density at radius 2 is 2.06 bits per heavy atom. The summed E-state index contributed by atoms with van der Waals surface area (Å²) in [5.74, 6) is 0. The maximum Gasteiger partial charge on any atom is 0.200 e. The van der Waals surface area contributed by atoms with Gasteiger partial charge in [-0.1, -0.05) is 23.8 Å². The van der Waals surface area contributed by atoms with Gasteiger partial charge in [0, 0.05) is 5.56 Å². The molecule has 0 spiro atoms. The minimum absolute atomic E-state index is 0.301. The summed E-state index contributed by atoms with van der Waals surface area (Å²) >= 11 is 0. The van der Waals surface area contributed by atoms with Gasteiger partial charge in [-0.05, 0) is 25.5 Å². The van der Waals surface area contributed by atoms with Gasteiger partial charge in [-0.25, -0.2) is 0 Å². The Morgan fingerprint density at radius 1 is 1.22 bits per heavy atom. The van der Waals surface area contributed by atoms with E-state index in [4.69, 9.17) is 9.47 Å². The molecule has 0 aliphatic carbocycles. The Balaban J connectivity index is 1.84. The molecule has 0 radical (unpaired) electrons. The molecule has 1 N–H and O–H groups in total. The fourth-order valence-electron chi connectivity index (χ4n) is 2.08. The van der Waals surface area contributed by atoms with Crippen LogP contribution >= 0.6 is 0 Å². The first kappa shape index (κ1) is 11.4. The van der Waals surface area contributed by atoms with Crippen LogP contribution in [-0.2, 0) is 9.47 Å². The van der Waals surface area contributed by atoms with Crippen LogP contribution in [0.1, 0.15) is 24.0 Å². The Morgan fingerprint density at radius 3 is 2.83 bits per heavy atom. The summed E-state index contributed by atoms with van der Waals surface area (Å²) in [6, 6.07) is 10.3. The number of aromatic amines is 1. The Labute approximate surface area is 106 Å². The predicted molar refractivity (Wildman–Crippen MR) is 68.0 cm³/mol. The van der Waals surface area contributed by atoms with Gasteiger partial charge in [-0.3, -0.25) is 5.10 Å². The van der Waals surface area contributed by atoms with Gasteiger partial charge >= 0.3 is 0 Å². The van der Waals surface area contributed by atoms with E-state index >= 15 is 0 Å². The molecule has 0 amide bonds. The van der Waals surface area contributed by atoms with E-state index in [1.807, 2.05) is 12.1 Å². The van der Waals surface area contributed by atoms with E-state index in [1.54, 1.807) is 0 Å². The third-order valence-electron chi connectivity index (χ3n) is 2.99. The molecule has 4 heteroatoms. The highest BCUT2D eigenvalue weighted by Crippen LogP contribution is 2.25. The standard InChI is InChI=1S/C14H16N2O2/c1-10-4-2-5-11(8-10)12-9-13(16-15-12)14-17-6-3-7-18-14/h2,4-5,8-9,14H,3,6-7H2,1H3,(H,15,16). The van der Waals surface area contributed by atoms with Gasteiger partial charge in [-0.2, -0.15) is 5.10 Å². The SMILES string of the molecule is Cc1cccc(-c2cc(C3OCCCO3)[nH]n2)c1. The van der Waals surface area contributed by atoms with E-state index in [1.165, 1.54) is 5.56 Å². The molecular formula is C14H16N2O2. The predicted octanol–water partition coefficient (Wildman–Crippen LogP) is 2.82. The number of aryl methyl sites for hydroxylation is 1. The maximum atomic E-state index is 5.54. The van der Waals surface area contributed by atoms with E-state index in [0.29, 0.717) is 0 Å². The molecule has 18 heavy (non-hydrogen) atoms. The fraction of sp³-hybridized carbons (Fsp3) is 0.357. The molecule has 1 aliphatic rings. The van der Waals surface area contributed by atoms with Crippen LogP contribution in [0, 0.1) is 6.92 Å². The van der Waals surface area contributed by atoms with Crippen molar-refractivity contribution < 1.29 is 9.47 Å². The van der Waals surface area contributed by atoms with Gasteiger partial charge in [0.1, 0.15) is 0 Å². The van der Waals surface area contributed by atoms with Gasteiger partial charge in [0.2, 0.25) is 6.29 Å². The Hall–Kier alpha value is -1.65. The minimum Gasteiger partial charge on any atom is -0.347 e. The quantitative estimate of drug-likeness (QED) is 0.883. The molecule has 2 heterocycles. The second-order valence-electron chi connectivity index (χ2n) is 4.51. The molecule has 1 aromatic carbocycles. The molecule has 0 bridgehead atoms. The Kier molecular flexibility index (Phi) is 3.13. The number of ether oxygens (including phenoxy) is 2. The average Bonchev–Trinajstić information content (AvgIpc) is 2.89. The summed E-state index contributed by atoms with van der Waals surface area (Å²) in [6.45, 7) is 3.55. The van der Waals surface area contributed by atoms with Gasteiger partial charge in [0.15, 0.2) is 0 Å². The lowest BCUT2D eigenvalue weighted by Gasteiger charge is -2.21. The zero-order valence-electron chi connectivity index (χ0n) is 10.3. The van der Waals surface area contributed by atoms with Crippen molar-refractivity contribution in [2.45, 2.75) is 19.6 Å². The highest BCUT2D eigenvalue weighted by atomic mass is 16.7. The van der Waals surface area contributed by atoms with Crippen LogP contribution in [-0.4, -0.2) is 23.4 Å². The van der Waals surface area contributed by atoms with Crippen molar-refractivity contribution in [1.29, 1.82) is 0 Å². The number of benzene rings is 1. The van der Waals surface area contributed by atoms with E-state index in [9.17, 15) is 0 Å². The van der Waals surface area contributed by atoms with E-state index in [0.717, 1.165) is 36.6 Å². The zero-order chi connectivity index (χ0) is 12.4. The highest BCUT2D eigenvalue weighted by molar-refractivity contribution is 5.60.